The Morgan fingerprint density at radius 2 is 1.80 bits per heavy atom. The maximum absolute atomic E-state index is 13.2. The molecule has 0 heterocycles. The van der Waals surface area contributed by atoms with E-state index in [0.717, 1.165) is 31.4 Å². The van der Waals surface area contributed by atoms with Crippen LogP contribution in [0.25, 0.3) is 0 Å². The third-order valence-electron chi connectivity index (χ3n) is 6.42. The molecule has 0 aromatic heterocycles. The van der Waals surface area contributed by atoms with Crippen molar-refractivity contribution in [2.24, 2.45) is 0 Å². The fourth-order valence-electron chi connectivity index (χ4n) is 3.34. The van der Waals surface area contributed by atoms with Crippen molar-refractivity contribution in [1.82, 2.24) is 0 Å². The highest BCUT2D eigenvalue weighted by atomic mass is 28.4. The van der Waals surface area contributed by atoms with Crippen LogP contribution in [0.15, 0.2) is 36.4 Å². The second-order valence-corrected chi connectivity index (χ2v) is 14.9. The average Bonchev–Trinajstić information content (AvgIpc) is 2.74. The van der Waals surface area contributed by atoms with Crippen LogP contribution in [0.2, 0.25) is 18.1 Å². The van der Waals surface area contributed by atoms with Crippen molar-refractivity contribution in [2.75, 3.05) is 11.9 Å². The highest BCUT2D eigenvalue weighted by Gasteiger charge is 2.37. The standard InChI is InChI=1S/C26H33F3N2O3Si/c1-25(2,3)35(4,5)34-15-8-6-7-10-18-11-9-12-22(32)23(18)24(33)31-20-14-13-19(17-30)21(16-20)26(27,28)29/h9,11-14,16,32H,6-8,10,15H2,1-5H3,(H,31,33). The van der Waals surface area contributed by atoms with Gasteiger partial charge >= 0.3 is 6.18 Å². The van der Waals surface area contributed by atoms with Crippen LogP contribution in [-0.4, -0.2) is 25.9 Å². The summed E-state index contributed by atoms with van der Waals surface area (Å²) >= 11 is 0. The van der Waals surface area contributed by atoms with Crippen molar-refractivity contribution in [1.29, 1.82) is 5.26 Å². The number of carbonyl (C=O) groups excluding carboxylic acids is 1. The molecule has 9 heteroatoms. The summed E-state index contributed by atoms with van der Waals surface area (Å²) in [6.45, 7) is 11.6. The SMILES string of the molecule is CC(C)(C)[Si](C)(C)OCCCCCc1cccc(O)c1C(=O)Nc1ccc(C#N)c(C(F)(F)F)c1. The fraction of sp³-hybridized carbons (Fsp3) is 0.462. The van der Waals surface area contributed by atoms with E-state index in [1.165, 1.54) is 18.2 Å². The van der Waals surface area contributed by atoms with E-state index < -0.39 is 31.5 Å². The smallest absolute Gasteiger partial charge is 0.417 e. The van der Waals surface area contributed by atoms with Crippen molar-refractivity contribution >= 4 is 19.9 Å². The molecule has 0 fully saturated rings. The molecule has 1 amide bonds. The lowest BCUT2D eigenvalue weighted by Gasteiger charge is -2.36. The van der Waals surface area contributed by atoms with Crippen molar-refractivity contribution in [2.45, 2.75) is 70.8 Å². The van der Waals surface area contributed by atoms with Gasteiger partial charge in [-0.05, 0) is 67.2 Å². The summed E-state index contributed by atoms with van der Waals surface area (Å²) < 4.78 is 45.9. The summed E-state index contributed by atoms with van der Waals surface area (Å²) in [5.74, 6) is -0.955. The van der Waals surface area contributed by atoms with Gasteiger partial charge in [0.05, 0.1) is 22.8 Å². The molecular formula is C26H33F3N2O3Si. The number of hydrogen-bond donors (Lipinski definition) is 2. The minimum Gasteiger partial charge on any atom is -0.507 e. The number of alkyl halides is 3. The summed E-state index contributed by atoms with van der Waals surface area (Å²) in [7, 11) is -1.79. The van der Waals surface area contributed by atoms with Crippen molar-refractivity contribution in [3.63, 3.8) is 0 Å². The molecule has 0 aliphatic heterocycles. The Labute approximate surface area is 206 Å². The Bertz CT molecular complexity index is 1090. The van der Waals surface area contributed by atoms with Gasteiger partial charge in [-0.2, -0.15) is 18.4 Å². The van der Waals surface area contributed by atoms with E-state index in [1.807, 2.05) is 0 Å². The molecule has 2 aromatic carbocycles. The fourth-order valence-corrected chi connectivity index (χ4v) is 4.43. The number of hydrogen-bond acceptors (Lipinski definition) is 4. The lowest BCUT2D eigenvalue weighted by molar-refractivity contribution is -0.137. The van der Waals surface area contributed by atoms with E-state index >= 15 is 0 Å². The molecule has 0 bridgehead atoms. The lowest BCUT2D eigenvalue weighted by atomic mass is 9.99. The minimum absolute atomic E-state index is 0.0305. The number of nitriles is 1. The molecule has 0 saturated carbocycles. The quantitative estimate of drug-likeness (QED) is 0.277. The number of anilines is 1. The zero-order valence-electron chi connectivity index (χ0n) is 20.8. The van der Waals surface area contributed by atoms with Gasteiger partial charge in [0.15, 0.2) is 8.32 Å². The summed E-state index contributed by atoms with van der Waals surface area (Å²) in [4.78, 5) is 12.9. The van der Waals surface area contributed by atoms with Gasteiger partial charge in [0, 0.05) is 12.3 Å². The van der Waals surface area contributed by atoms with Crippen LogP contribution in [0.1, 0.15) is 67.1 Å². The lowest BCUT2D eigenvalue weighted by Crippen LogP contribution is -2.40. The minimum atomic E-state index is -4.74. The zero-order valence-corrected chi connectivity index (χ0v) is 21.8. The third kappa shape index (κ3) is 7.57. The van der Waals surface area contributed by atoms with E-state index in [9.17, 15) is 23.1 Å². The van der Waals surface area contributed by atoms with Gasteiger partial charge in [-0.25, -0.2) is 0 Å². The maximum Gasteiger partial charge on any atom is 0.417 e. The van der Waals surface area contributed by atoms with Crippen LogP contribution < -0.4 is 5.32 Å². The van der Waals surface area contributed by atoms with Gasteiger partial charge in [0.2, 0.25) is 0 Å². The number of carbonyl (C=O) groups is 1. The van der Waals surface area contributed by atoms with E-state index in [2.05, 4.69) is 39.2 Å². The topological polar surface area (TPSA) is 82.3 Å². The Kier molecular flexibility index (Phi) is 9.15. The molecule has 35 heavy (non-hydrogen) atoms. The number of nitrogens with zero attached hydrogens (tertiary/aromatic N) is 1. The van der Waals surface area contributed by atoms with Crippen molar-refractivity contribution < 1.29 is 27.5 Å². The molecule has 0 aliphatic carbocycles. The molecule has 2 aromatic rings. The zero-order chi connectivity index (χ0) is 26.4. The van der Waals surface area contributed by atoms with Crippen LogP contribution in [-0.2, 0) is 17.0 Å². The molecule has 2 N–H and O–H groups in total. The molecule has 0 unspecified atom stereocenters. The number of aryl methyl sites for hydroxylation is 1. The Morgan fingerprint density at radius 1 is 1.11 bits per heavy atom. The van der Waals surface area contributed by atoms with E-state index in [0.29, 0.717) is 18.6 Å². The van der Waals surface area contributed by atoms with Gasteiger partial charge in [0.25, 0.3) is 5.91 Å². The van der Waals surface area contributed by atoms with E-state index in [4.69, 9.17) is 9.69 Å². The molecule has 0 atom stereocenters. The van der Waals surface area contributed by atoms with Gasteiger partial charge in [-0.1, -0.05) is 39.3 Å². The van der Waals surface area contributed by atoms with Crippen LogP contribution in [0, 0.1) is 11.3 Å². The molecule has 0 spiro atoms. The van der Waals surface area contributed by atoms with E-state index in [1.54, 1.807) is 12.1 Å². The van der Waals surface area contributed by atoms with Crippen LogP contribution in [0.4, 0.5) is 18.9 Å². The molecule has 0 aliphatic rings. The molecule has 0 saturated heterocycles. The molecule has 2 rings (SSSR count). The monoisotopic (exact) mass is 506 g/mol. The van der Waals surface area contributed by atoms with Crippen molar-refractivity contribution in [3.05, 3.63) is 58.7 Å². The maximum atomic E-state index is 13.2. The second-order valence-electron chi connectivity index (χ2n) is 10.1. The van der Waals surface area contributed by atoms with Crippen LogP contribution in [0.5, 0.6) is 5.75 Å². The first-order valence-electron chi connectivity index (χ1n) is 11.5. The number of nitrogens with one attached hydrogen (secondary N) is 1. The summed E-state index contributed by atoms with van der Waals surface area (Å²) in [5.41, 5.74) is -1.13. The number of phenolic OH excluding ortho intramolecular Hbond substituents is 1. The Hall–Kier alpha value is -2.83. The summed E-state index contributed by atoms with van der Waals surface area (Å²) in [5, 5.41) is 21.8. The first-order chi connectivity index (χ1) is 16.2. The first-order valence-corrected chi connectivity index (χ1v) is 14.5. The molecular weight excluding hydrogens is 473 g/mol. The van der Waals surface area contributed by atoms with Crippen LogP contribution >= 0.6 is 0 Å². The number of benzene rings is 2. The highest BCUT2D eigenvalue weighted by Crippen LogP contribution is 2.37. The number of halogens is 3. The molecule has 190 valence electrons. The van der Waals surface area contributed by atoms with E-state index in [-0.39, 0.29) is 22.0 Å². The molecule has 5 nitrogen and oxygen atoms in total. The third-order valence-corrected chi connectivity index (χ3v) is 11.0. The van der Waals surface area contributed by atoms with Crippen LogP contribution in [0.3, 0.4) is 0 Å². The van der Waals surface area contributed by atoms with Gasteiger partial charge in [-0.15, -0.1) is 0 Å². The predicted molar refractivity (Wildman–Crippen MR) is 133 cm³/mol. The highest BCUT2D eigenvalue weighted by molar-refractivity contribution is 6.74. The number of phenols is 1. The summed E-state index contributed by atoms with van der Waals surface area (Å²) in [6.07, 6.45) is -1.70. The second kappa shape index (κ2) is 11.3. The number of aromatic hydroxyl groups is 1. The normalized spacial score (nSPS) is 12.3. The predicted octanol–water partition coefficient (Wildman–Crippen LogP) is 7.27. The Balaban J connectivity index is 2.05. The molecule has 0 radical (unpaired) electrons. The van der Waals surface area contributed by atoms with Crippen molar-refractivity contribution in [3.8, 4) is 11.8 Å². The first kappa shape index (κ1) is 28.4. The largest absolute Gasteiger partial charge is 0.507 e. The summed E-state index contributed by atoms with van der Waals surface area (Å²) in [6, 6.07) is 9.19. The Morgan fingerprint density at radius 3 is 2.40 bits per heavy atom. The van der Waals surface area contributed by atoms with Gasteiger partial charge in [-0.3, -0.25) is 4.79 Å². The number of unbranched alkanes of at least 4 members (excludes halogenated alkanes) is 2. The number of amides is 1. The van der Waals surface area contributed by atoms with Gasteiger partial charge < -0.3 is 14.8 Å². The number of rotatable bonds is 9. The van der Waals surface area contributed by atoms with Gasteiger partial charge in [0.1, 0.15) is 5.75 Å². The average molecular weight is 507 g/mol.